The number of primary amides is 1. The summed E-state index contributed by atoms with van der Waals surface area (Å²) in [5.74, 6) is -1.49. The van der Waals surface area contributed by atoms with Crippen LogP contribution in [0.15, 0.2) is 18.5 Å². The molecule has 11 heteroatoms. The van der Waals surface area contributed by atoms with Crippen molar-refractivity contribution in [1.82, 2.24) is 19.6 Å². The number of carbonyl (C=O) groups excluding carboxylic acids is 2. The quantitative estimate of drug-likeness (QED) is 0.847. The molecular formula is C12H13F3N6O2. The lowest BCUT2D eigenvalue weighted by Gasteiger charge is -2.05. The molecule has 2 rings (SSSR count). The zero-order valence-electron chi connectivity index (χ0n) is 12.0. The van der Waals surface area contributed by atoms with Crippen molar-refractivity contribution in [1.29, 1.82) is 0 Å². The van der Waals surface area contributed by atoms with Gasteiger partial charge < -0.3 is 11.1 Å². The summed E-state index contributed by atoms with van der Waals surface area (Å²) in [6.45, 7) is 1.77. The number of nitrogens with two attached hydrogens (primary N) is 1. The Balaban J connectivity index is 2.09. The molecule has 0 aliphatic rings. The van der Waals surface area contributed by atoms with Crippen LogP contribution in [-0.4, -0.2) is 31.4 Å². The van der Waals surface area contributed by atoms with Gasteiger partial charge in [-0.25, -0.2) is 0 Å². The molecule has 2 aromatic rings. The highest BCUT2D eigenvalue weighted by Gasteiger charge is 2.33. The first kappa shape index (κ1) is 16.5. The van der Waals surface area contributed by atoms with Crippen molar-refractivity contribution in [2.45, 2.75) is 26.2 Å². The normalized spacial score (nSPS) is 11.5. The maximum atomic E-state index is 12.4. The van der Waals surface area contributed by atoms with E-state index in [4.69, 9.17) is 5.73 Å². The summed E-state index contributed by atoms with van der Waals surface area (Å²) < 4.78 is 39.5. The average molecular weight is 330 g/mol. The molecule has 2 aromatic heterocycles. The van der Waals surface area contributed by atoms with Gasteiger partial charge in [0.15, 0.2) is 11.4 Å². The molecule has 0 saturated carbocycles. The summed E-state index contributed by atoms with van der Waals surface area (Å²) >= 11 is 0. The predicted molar refractivity (Wildman–Crippen MR) is 72.3 cm³/mol. The number of halogens is 3. The fourth-order valence-corrected chi connectivity index (χ4v) is 1.79. The van der Waals surface area contributed by atoms with E-state index in [1.54, 1.807) is 6.92 Å². The van der Waals surface area contributed by atoms with Gasteiger partial charge in [-0.3, -0.25) is 19.0 Å². The van der Waals surface area contributed by atoms with Crippen molar-refractivity contribution in [3.05, 3.63) is 29.8 Å². The number of hydrogen-bond acceptors (Lipinski definition) is 4. The molecule has 0 bridgehead atoms. The molecule has 0 fully saturated rings. The zero-order valence-corrected chi connectivity index (χ0v) is 12.0. The van der Waals surface area contributed by atoms with Gasteiger partial charge in [0.25, 0.3) is 5.91 Å². The summed E-state index contributed by atoms with van der Waals surface area (Å²) in [6.07, 6.45) is -2.14. The minimum absolute atomic E-state index is 0.0903. The number of hydrogen-bond donors (Lipinski definition) is 2. The molecule has 124 valence electrons. The molecule has 0 unspecified atom stereocenters. The predicted octanol–water partition coefficient (Wildman–Crippen LogP) is 0.856. The van der Waals surface area contributed by atoms with Gasteiger partial charge in [0, 0.05) is 18.9 Å². The number of nitrogens with zero attached hydrogens (tertiary/aromatic N) is 4. The molecule has 0 spiro atoms. The van der Waals surface area contributed by atoms with Crippen LogP contribution in [0.5, 0.6) is 0 Å². The van der Waals surface area contributed by atoms with Gasteiger partial charge in [0.2, 0.25) is 5.91 Å². The molecule has 8 nitrogen and oxygen atoms in total. The van der Waals surface area contributed by atoms with Gasteiger partial charge >= 0.3 is 6.18 Å². The second-order valence-corrected chi connectivity index (χ2v) is 4.56. The molecule has 0 atom stereocenters. The van der Waals surface area contributed by atoms with Crippen molar-refractivity contribution in [2.75, 3.05) is 5.32 Å². The lowest BCUT2D eigenvalue weighted by atomic mass is 10.3. The first-order chi connectivity index (χ1) is 10.7. The number of carbonyl (C=O) groups is 2. The summed E-state index contributed by atoms with van der Waals surface area (Å²) in [6, 6.07) is 0.761. The van der Waals surface area contributed by atoms with Crippen molar-refractivity contribution >= 4 is 17.5 Å². The number of anilines is 1. The molecule has 0 saturated heterocycles. The van der Waals surface area contributed by atoms with Crippen LogP contribution in [0.1, 0.15) is 23.1 Å². The second-order valence-electron chi connectivity index (χ2n) is 4.56. The highest BCUT2D eigenvalue weighted by molar-refractivity contribution is 6.01. The van der Waals surface area contributed by atoms with Gasteiger partial charge in [-0.2, -0.15) is 23.4 Å². The minimum Gasteiger partial charge on any atom is -0.364 e. The van der Waals surface area contributed by atoms with Gasteiger partial charge in [-0.05, 0) is 13.0 Å². The number of aromatic nitrogens is 4. The third kappa shape index (κ3) is 3.87. The van der Waals surface area contributed by atoms with E-state index in [1.807, 2.05) is 0 Å². The summed E-state index contributed by atoms with van der Waals surface area (Å²) in [5, 5.41) is 9.52. The van der Waals surface area contributed by atoms with Crippen molar-refractivity contribution in [3.63, 3.8) is 0 Å². The van der Waals surface area contributed by atoms with Crippen molar-refractivity contribution in [3.8, 4) is 0 Å². The first-order valence-electron chi connectivity index (χ1n) is 6.48. The third-order valence-electron chi connectivity index (χ3n) is 2.83. The van der Waals surface area contributed by atoms with E-state index in [9.17, 15) is 22.8 Å². The Hall–Kier alpha value is -2.85. The molecule has 3 N–H and O–H groups in total. The number of rotatable bonds is 5. The first-order valence-corrected chi connectivity index (χ1v) is 6.48. The number of nitrogens with one attached hydrogen (secondary N) is 1. The highest BCUT2D eigenvalue weighted by atomic mass is 19.4. The molecule has 0 aliphatic heterocycles. The lowest BCUT2D eigenvalue weighted by molar-refractivity contribution is -0.141. The molecular weight excluding hydrogens is 317 g/mol. The summed E-state index contributed by atoms with van der Waals surface area (Å²) in [4.78, 5) is 23.1. The largest absolute Gasteiger partial charge is 0.435 e. The SMILES string of the molecule is CCn1cc(NC(=O)Cn2ccc(C(F)(F)F)n2)c(C(N)=O)n1. The van der Waals surface area contributed by atoms with Crippen LogP contribution < -0.4 is 11.1 Å². The van der Waals surface area contributed by atoms with E-state index in [0.717, 1.165) is 16.9 Å². The topological polar surface area (TPSA) is 108 Å². The number of aryl methyl sites for hydroxylation is 1. The molecule has 2 amide bonds. The Morgan fingerprint density at radius 2 is 2.00 bits per heavy atom. The Bertz CT molecular complexity index is 733. The van der Waals surface area contributed by atoms with Crippen LogP contribution in [-0.2, 0) is 24.1 Å². The van der Waals surface area contributed by atoms with E-state index >= 15 is 0 Å². The van der Waals surface area contributed by atoms with E-state index in [-0.39, 0.29) is 11.4 Å². The Morgan fingerprint density at radius 1 is 1.30 bits per heavy atom. The molecule has 0 aromatic carbocycles. The Morgan fingerprint density at radius 3 is 2.52 bits per heavy atom. The fraction of sp³-hybridized carbons (Fsp3) is 0.333. The molecule has 2 heterocycles. The Kier molecular flexibility index (Phi) is 4.38. The third-order valence-corrected chi connectivity index (χ3v) is 2.83. The Labute approximate surface area is 128 Å². The summed E-state index contributed by atoms with van der Waals surface area (Å²) in [7, 11) is 0. The monoisotopic (exact) mass is 330 g/mol. The highest BCUT2D eigenvalue weighted by Crippen LogP contribution is 2.27. The van der Waals surface area contributed by atoms with Gasteiger partial charge in [0.1, 0.15) is 6.54 Å². The lowest BCUT2D eigenvalue weighted by Crippen LogP contribution is -2.22. The van der Waals surface area contributed by atoms with Crippen LogP contribution in [0.25, 0.3) is 0 Å². The van der Waals surface area contributed by atoms with Gasteiger partial charge in [-0.1, -0.05) is 0 Å². The molecule has 0 radical (unpaired) electrons. The summed E-state index contributed by atoms with van der Waals surface area (Å²) in [5.41, 5.74) is 4.02. The van der Waals surface area contributed by atoms with Crippen molar-refractivity contribution in [2.24, 2.45) is 5.73 Å². The number of amides is 2. The average Bonchev–Trinajstić information content (AvgIpc) is 3.04. The van der Waals surface area contributed by atoms with Gasteiger partial charge in [0.05, 0.1) is 5.69 Å². The van der Waals surface area contributed by atoms with Crippen LogP contribution >= 0.6 is 0 Å². The van der Waals surface area contributed by atoms with Crippen molar-refractivity contribution < 1.29 is 22.8 Å². The van der Waals surface area contributed by atoms with Crippen LogP contribution in [0.2, 0.25) is 0 Å². The molecule has 23 heavy (non-hydrogen) atoms. The standard InChI is InChI=1S/C12H13F3N6O2/c1-2-20-5-7(10(19-20)11(16)23)17-9(22)6-21-4-3-8(18-21)12(13,14)15/h3-5H,2,6H2,1H3,(H2,16,23)(H,17,22). The second kappa shape index (κ2) is 6.10. The van der Waals surface area contributed by atoms with Gasteiger partial charge in [-0.15, -0.1) is 0 Å². The minimum atomic E-state index is -4.58. The van der Waals surface area contributed by atoms with Crippen LogP contribution in [0, 0.1) is 0 Å². The zero-order chi connectivity index (χ0) is 17.2. The maximum Gasteiger partial charge on any atom is 0.435 e. The van der Waals surface area contributed by atoms with Crippen LogP contribution in [0.4, 0.5) is 18.9 Å². The van der Waals surface area contributed by atoms with E-state index in [2.05, 4.69) is 15.5 Å². The smallest absolute Gasteiger partial charge is 0.364 e. The van der Waals surface area contributed by atoms with E-state index in [1.165, 1.54) is 10.9 Å². The fourth-order valence-electron chi connectivity index (χ4n) is 1.79. The number of alkyl halides is 3. The maximum absolute atomic E-state index is 12.4. The van der Waals surface area contributed by atoms with E-state index in [0.29, 0.717) is 6.54 Å². The van der Waals surface area contributed by atoms with Crippen LogP contribution in [0.3, 0.4) is 0 Å². The van der Waals surface area contributed by atoms with E-state index < -0.39 is 30.2 Å². The molecule has 0 aliphatic carbocycles.